The van der Waals surface area contributed by atoms with Crippen molar-refractivity contribution in [2.45, 2.75) is 50.9 Å². The van der Waals surface area contributed by atoms with Crippen molar-refractivity contribution >= 4 is 5.69 Å². The number of nitrogens with zero attached hydrogens (tertiary/aromatic N) is 1. The van der Waals surface area contributed by atoms with Crippen molar-refractivity contribution in [2.75, 3.05) is 11.4 Å². The number of alkyl halides is 3. The molecule has 1 aliphatic carbocycles. The summed E-state index contributed by atoms with van der Waals surface area (Å²) in [5.41, 5.74) is 6.51. The van der Waals surface area contributed by atoms with Crippen molar-refractivity contribution in [3.63, 3.8) is 0 Å². The predicted octanol–water partition coefficient (Wildman–Crippen LogP) is 3.64. The summed E-state index contributed by atoms with van der Waals surface area (Å²) in [6.07, 6.45) is -1.94. The highest BCUT2D eigenvalue weighted by molar-refractivity contribution is 5.57. The van der Waals surface area contributed by atoms with Crippen LogP contribution in [0.4, 0.5) is 23.2 Å². The Morgan fingerprint density at radius 3 is 2.52 bits per heavy atom. The minimum Gasteiger partial charge on any atom is -0.357 e. The van der Waals surface area contributed by atoms with Gasteiger partial charge in [-0.25, -0.2) is 4.39 Å². The van der Waals surface area contributed by atoms with E-state index in [1.165, 1.54) is 12.1 Å². The van der Waals surface area contributed by atoms with Gasteiger partial charge in [-0.3, -0.25) is 0 Å². The summed E-state index contributed by atoms with van der Waals surface area (Å²) >= 11 is 0. The molecule has 2 rings (SSSR count). The molecule has 21 heavy (non-hydrogen) atoms. The zero-order valence-electron chi connectivity index (χ0n) is 12.0. The maximum atomic E-state index is 14.2. The molecule has 0 aliphatic heterocycles. The molecule has 0 heterocycles. The van der Waals surface area contributed by atoms with Gasteiger partial charge in [0, 0.05) is 12.1 Å². The average molecular weight is 304 g/mol. The van der Waals surface area contributed by atoms with Crippen molar-refractivity contribution in [1.82, 2.24) is 0 Å². The monoisotopic (exact) mass is 304 g/mol. The topological polar surface area (TPSA) is 29.3 Å². The van der Waals surface area contributed by atoms with Crippen LogP contribution in [0.3, 0.4) is 0 Å². The third kappa shape index (κ3) is 4.33. The van der Waals surface area contributed by atoms with Crippen molar-refractivity contribution in [1.29, 1.82) is 0 Å². The average Bonchev–Trinajstić information content (AvgIpc) is 3.20. The molecule has 2 N–H and O–H groups in total. The van der Waals surface area contributed by atoms with Crippen LogP contribution >= 0.6 is 0 Å². The van der Waals surface area contributed by atoms with Crippen molar-refractivity contribution in [3.05, 3.63) is 29.6 Å². The molecule has 1 aromatic rings. The third-order valence-electron chi connectivity index (χ3n) is 3.70. The molecule has 1 saturated carbocycles. The van der Waals surface area contributed by atoms with E-state index in [-0.39, 0.29) is 17.8 Å². The molecule has 0 saturated heterocycles. The lowest BCUT2D eigenvalue weighted by Crippen LogP contribution is -2.37. The first-order chi connectivity index (χ1) is 9.81. The van der Waals surface area contributed by atoms with Gasteiger partial charge < -0.3 is 10.6 Å². The highest BCUT2D eigenvalue weighted by Gasteiger charge is 2.39. The summed E-state index contributed by atoms with van der Waals surface area (Å²) in [5, 5.41) is 0. The lowest BCUT2D eigenvalue weighted by atomic mass is 10.0. The van der Waals surface area contributed by atoms with Crippen LogP contribution in [0.25, 0.3) is 0 Å². The molecule has 0 amide bonds. The van der Waals surface area contributed by atoms with Crippen LogP contribution in [-0.4, -0.2) is 24.8 Å². The van der Waals surface area contributed by atoms with E-state index in [1.54, 1.807) is 6.07 Å². The van der Waals surface area contributed by atoms with Crippen LogP contribution < -0.4 is 10.6 Å². The molecular formula is C15H20F4N2. The van der Waals surface area contributed by atoms with Gasteiger partial charge >= 0.3 is 6.18 Å². The normalized spacial score (nSPS) is 16.9. The molecule has 0 bridgehead atoms. The van der Waals surface area contributed by atoms with Gasteiger partial charge in [0.05, 0.1) is 5.69 Å². The van der Waals surface area contributed by atoms with E-state index in [1.807, 2.05) is 6.92 Å². The zero-order valence-corrected chi connectivity index (χ0v) is 12.0. The summed E-state index contributed by atoms with van der Waals surface area (Å²) in [7, 11) is 0. The van der Waals surface area contributed by atoms with E-state index in [4.69, 9.17) is 5.73 Å². The SMILES string of the molecule is CCC(N)Cc1cccc(F)c1N(CC(F)(F)F)C1CC1. The second-order valence-corrected chi connectivity index (χ2v) is 5.59. The highest BCUT2D eigenvalue weighted by atomic mass is 19.4. The van der Waals surface area contributed by atoms with Crippen molar-refractivity contribution < 1.29 is 17.6 Å². The third-order valence-corrected chi connectivity index (χ3v) is 3.70. The van der Waals surface area contributed by atoms with Gasteiger partial charge in [0.2, 0.25) is 0 Å². The first-order valence-corrected chi connectivity index (χ1v) is 7.18. The molecule has 118 valence electrons. The van der Waals surface area contributed by atoms with Crippen LogP contribution in [0.15, 0.2) is 18.2 Å². The van der Waals surface area contributed by atoms with Crippen LogP contribution in [0.1, 0.15) is 31.7 Å². The van der Waals surface area contributed by atoms with E-state index >= 15 is 0 Å². The quantitative estimate of drug-likeness (QED) is 0.813. The number of nitrogens with two attached hydrogens (primary N) is 1. The summed E-state index contributed by atoms with van der Waals surface area (Å²) < 4.78 is 52.5. The minimum absolute atomic E-state index is 0.0706. The Balaban J connectivity index is 2.34. The van der Waals surface area contributed by atoms with Crippen LogP contribution in [0.2, 0.25) is 0 Å². The van der Waals surface area contributed by atoms with E-state index in [9.17, 15) is 17.6 Å². The van der Waals surface area contributed by atoms with Crippen LogP contribution in [0.5, 0.6) is 0 Å². The first-order valence-electron chi connectivity index (χ1n) is 7.18. The Hall–Kier alpha value is -1.30. The summed E-state index contributed by atoms with van der Waals surface area (Å²) in [5.74, 6) is -0.605. The van der Waals surface area contributed by atoms with Gasteiger partial charge in [-0.05, 0) is 37.3 Å². The summed E-state index contributed by atoms with van der Waals surface area (Å²) in [6.45, 7) is 0.783. The standard InChI is InChI=1S/C15H20F4N2/c1-2-11(20)8-10-4-3-5-13(16)14(10)21(12-6-7-12)9-15(17,18)19/h3-5,11-12H,2,6-9,20H2,1H3. The van der Waals surface area contributed by atoms with Crippen LogP contribution in [0, 0.1) is 5.82 Å². The number of para-hydroxylation sites is 1. The van der Waals surface area contributed by atoms with E-state index in [0.717, 1.165) is 4.90 Å². The Kier molecular flexibility index (Phi) is 4.76. The lowest BCUT2D eigenvalue weighted by Gasteiger charge is -2.29. The molecule has 1 atom stereocenters. The van der Waals surface area contributed by atoms with Gasteiger partial charge in [0.25, 0.3) is 0 Å². The van der Waals surface area contributed by atoms with Crippen molar-refractivity contribution in [2.24, 2.45) is 5.73 Å². The maximum absolute atomic E-state index is 14.2. The van der Waals surface area contributed by atoms with Gasteiger partial charge in [-0.2, -0.15) is 13.2 Å². The second kappa shape index (κ2) is 6.22. The van der Waals surface area contributed by atoms with Gasteiger partial charge in [-0.15, -0.1) is 0 Å². The molecule has 1 unspecified atom stereocenters. The largest absolute Gasteiger partial charge is 0.405 e. The van der Waals surface area contributed by atoms with Gasteiger partial charge in [0.15, 0.2) is 0 Å². The molecular weight excluding hydrogens is 284 g/mol. The molecule has 0 radical (unpaired) electrons. The number of benzene rings is 1. The fraction of sp³-hybridized carbons (Fsp3) is 0.600. The van der Waals surface area contributed by atoms with Gasteiger partial charge in [0.1, 0.15) is 12.4 Å². The van der Waals surface area contributed by atoms with Crippen LogP contribution in [-0.2, 0) is 6.42 Å². The van der Waals surface area contributed by atoms with Gasteiger partial charge in [-0.1, -0.05) is 19.1 Å². The Morgan fingerprint density at radius 1 is 1.33 bits per heavy atom. The predicted molar refractivity (Wildman–Crippen MR) is 74.8 cm³/mol. The van der Waals surface area contributed by atoms with E-state index in [0.29, 0.717) is 31.2 Å². The molecule has 1 aliphatic rings. The lowest BCUT2D eigenvalue weighted by molar-refractivity contribution is -0.120. The fourth-order valence-electron chi connectivity index (χ4n) is 2.44. The smallest absolute Gasteiger partial charge is 0.357 e. The first kappa shape index (κ1) is 16.1. The zero-order chi connectivity index (χ0) is 15.6. The summed E-state index contributed by atoms with van der Waals surface area (Å²) in [6, 6.07) is 3.99. The number of anilines is 1. The Bertz CT molecular complexity index is 483. The number of halogens is 4. The van der Waals surface area contributed by atoms with Crippen molar-refractivity contribution in [3.8, 4) is 0 Å². The van der Waals surface area contributed by atoms with E-state index in [2.05, 4.69) is 0 Å². The Labute approximate surface area is 121 Å². The number of hydrogen-bond acceptors (Lipinski definition) is 2. The minimum atomic E-state index is -4.35. The Morgan fingerprint density at radius 2 is 2.00 bits per heavy atom. The maximum Gasteiger partial charge on any atom is 0.405 e. The molecule has 1 fully saturated rings. The number of rotatable bonds is 6. The molecule has 1 aromatic carbocycles. The highest BCUT2D eigenvalue weighted by Crippen LogP contribution is 2.37. The fourth-order valence-corrected chi connectivity index (χ4v) is 2.44. The summed E-state index contributed by atoms with van der Waals surface area (Å²) in [4.78, 5) is 1.16. The molecule has 6 heteroatoms. The molecule has 2 nitrogen and oxygen atoms in total. The molecule has 0 spiro atoms. The molecule has 0 aromatic heterocycles. The van der Waals surface area contributed by atoms with E-state index < -0.39 is 18.5 Å². The number of hydrogen-bond donors (Lipinski definition) is 1. The second-order valence-electron chi connectivity index (χ2n) is 5.59.